The highest BCUT2D eigenvalue weighted by molar-refractivity contribution is 7.98. The number of ether oxygens (including phenoxy) is 4. The molecule has 304 valence electrons. The molecule has 4 atom stereocenters. The summed E-state index contributed by atoms with van der Waals surface area (Å²) in [6.45, 7) is 4.67. The Hall–Kier alpha value is -3.68. The van der Waals surface area contributed by atoms with Gasteiger partial charge in [-0.1, -0.05) is 62.4 Å². The fourth-order valence-electron chi connectivity index (χ4n) is 6.25. The minimum absolute atomic E-state index is 0.0504. The maximum Gasteiger partial charge on any atom is 0.509 e. The lowest BCUT2D eigenvalue weighted by Crippen LogP contribution is -2.60. The third kappa shape index (κ3) is 16.8. The molecule has 5 N–H and O–H groups in total. The van der Waals surface area contributed by atoms with Crippen LogP contribution in [-0.2, 0) is 44.6 Å². The van der Waals surface area contributed by atoms with Crippen LogP contribution >= 0.6 is 11.8 Å². The summed E-state index contributed by atoms with van der Waals surface area (Å²) in [6.07, 6.45) is 4.36. The zero-order chi connectivity index (χ0) is 39.3. The van der Waals surface area contributed by atoms with Crippen LogP contribution in [0, 0.1) is 5.92 Å². The average Bonchev–Trinajstić information content (AvgIpc) is 3.15. The molecule has 4 amide bonds. The van der Waals surface area contributed by atoms with Crippen LogP contribution in [0.1, 0.15) is 70.8 Å². The molecule has 1 aliphatic carbocycles. The number of hydrogen-bond donors (Lipinski definition) is 5. The van der Waals surface area contributed by atoms with Gasteiger partial charge >= 0.3 is 18.2 Å². The van der Waals surface area contributed by atoms with E-state index in [4.69, 9.17) is 29.4 Å². The van der Waals surface area contributed by atoms with Crippen LogP contribution in [0.3, 0.4) is 0 Å². The quantitative estimate of drug-likeness (QED) is 0.0688. The molecule has 1 aliphatic heterocycles. The fourth-order valence-corrected chi connectivity index (χ4v) is 6.82. The molecular weight excluding hydrogens is 726 g/mol. The van der Waals surface area contributed by atoms with E-state index in [0.717, 1.165) is 37.7 Å². The molecule has 1 aromatic rings. The average molecular weight is 784 g/mol. The molecule has 0 bridgehead atoms. The minimum atomic E-state index is -1.56. The number of morpholine rings is 1. The smallest absolute Gasteiger partial charge is 0.460 e. The Balaban J connectivity index is 1.80. The molecular formula is C36H57N5O12S. The van der Waals surface area contributed by atoms with Gasteiger partial charge in [-0.15, -0.1) is 0 Å². The van der Waals surface area contributed by atoms with Crippen LogP contribution in [0.25, 0.3) is 0 Å². The molecule has 0 aromatic heterocycles. The normalized spacial score (nSPS) is 17.2. The Labute approximate surface area is 320 Å². The van der Waals surface area contributed by atoms with Crippen LogP contribution in [0.15, 0.2) is 30.3 Å². The number of unbranched alkanes of at least 4 members (excludes halogenated alkanes) is 1. The molecule has 1 aromatic carbocycles. The van der Waals surface area contributed by atoms with E-state index in [1.165, 1.54) is 11.8 Å². The minimum Gasteiger partial charge on any atom is -0.460 e. The van der Waals surface area contributed by atoms with E-state index in [1.54, 1.807) is 25.0 Å². The number of nitrogens with zero attached hydrogens (tertiary/aromatic N) is 2. The number of amides is 4. The maximum atomic E-state index is 14.1. The van der Waals surface area contributed by atoms with E-state index < -0.39 is 65.7 Å². The monoisotopic (exact) mass is 783 g/mol. The van der Waals surface area contributed by atoms with Gasteiger partial charge in [0.2, 0.25) is 17.9 Å². The first-order valence-electron chi connectivity index (χ1n) is 18.6. The summed E-state index contributed by atoms with van der Waals surface area (Å²) >= 11 is 1.32. The van der Waals surface area contributed by atoms with Crippen molar-refractivity contribution in [1.29, 1.82) is 0 Å². The Morgan fingerprint density at radius 2 is 1.57 bits per heavy atom. The van der Waals surface area contributed by atoms with Gasteiger partial charge < -0.3 is 39.8 Å². The zero-order valence-corrected chi connectivity index (χ0v) is 32.3. The number of benzene rings is 1. The van der Waals surface area contributed by atoms with Crippen LogP contribution in [0.2, 0.25) is 0 Å². The van der Waals surface area contributed by atoms with E-state index >= 15 is 0 Å². The second-order valence-electron chi connectivity index (χ2n) is 13.6. The number of urea groups is 1. The number of thioether (sulfide) groups is 1. The number of carbonyl (C=O) groups is 5. The first-order valence-corrected chi connectivity index (χ1v) is 20.0. The van der Waals surface area contributed by atoms with Gasteiger partial charge in [0.15, 0.2) is 0 Å². The summed E-state index contributed by atoms with van der Waals surface area (Å²) in [5.74, 6) is -1.74. The molecule has 1 heterocycles. The van der Waals surface area contributed by atoms with Crippen LogP contribution in [0.4, 0.5) is 9.59 Å². The topological polar surface area (TPSA) is 215 Å². The number of carbonyl (C=O) groups excluding carboxylic acids is 5. The van der Waals surface area contributed by atoms with Crippen LogP contribution in [-0.4, -0.2) is 133 Å². The molecule has 54 heavy (non-hydrogen) atoms. The Bertz CT molecular complexity index is 1300. The molecule has 0 unspecified atom stereocenters. The van der Waals surface area contributed by atoms with Gasteiger partial charge in [-0.3, -0.25) is 24.8 Å². The summed E-state index contributed by atoms with van der Waals surface area (Å²) in [4.78, 5) is 73.7. The van der Waals surface area contributed by atoms with Crippen molar-refractivity contribution in [3.05, 3.63) is 35.9 Å². The van der Waals surface area contributed by atoms with Gasteiger partial charge in [-0.25, -0.2) is 14.4 Å². The van der Waals surface area contributed by atoms with E-state index in [1.807, 2.05) is 30.3 Å². The molecule has 2 aliphatic rings. The summed E-state index contributed by atoms with van der Waals surface area (Å²) < 4.78 is 21.6. The molecule has 3 rings (SSSR count). The molecule has 17 nitrogen and oxygen atoms in total. The Kier molecular flexibility index (Phi) is 20.4. The second-order valence-corrected chi connectivity index (χ2v) is 14.5. The highest BCUT2D eigenvalue weighted by atomic mass is 32.2. The van der Waals surface area contributed by atoms with E-state index in [9.17, 15) is 24.0 Å². The predicted octanol–water partition coefficient (Wildman–Crippen LogP) is 3.21. The number of rotatable bonds is 21. The lowest BCUT2D eigenvalue weighted by atomic mass is 9.83. The highest BCUT2D eigenvalue weighted by Crippen LogP contribution is 2.29. The largest absolute Gasteiger partial charge is 0.509 e. The van der Waals surface area contributed by atoms with Crippen molar-refractivity contribution in [2.24, 2.45) is 5.92 Å². The summed E-state index contributed by atoms with van der Waals surface area (Å²) in [5, 5.41) is 25.5. The van der Waals surface area contributed by atoms with Crippen LogP contribution in [0.5, 0.6) is 0 Å². The first-order chi connectivity index (χ1) is 26.0. The highest BCUT2D eigenvalue weighted by Gasteiger charge is 2.39. The SMILES string of the molecule is CSC[C@H](NC(=O)[C@H](Cc1ccccc1)NC(=O)N1CCOCC1)C(=O)N[C@@H](CC1CCCCC1)[C@H](OC(=O)OCCCCON(O)O)C(=O)OC(C)C. The van der Waals surface area contributed by atoms with Crippen molar-refractivity contribution in [2.45, 2.75) is 102 Å². The lowest BCUT2D eigenvalue weighted by Gasteiger charge is -2.32. The maximum absolute atomic E-state index is 14.1. The predicted molar refractivity (Wildman–Crippen MR) is 196 cm³/mol. The standard InChI is InChI=1S/C36H57N5O12S/c1-25(2)52-34(44)31(53-36(46)50-18-10-11-19-51-41(47)48)28(22-26-12-6-4-7-13-26)37-33(43)30(24-54-3)38-32(42)29(23-27-14-8-5-9-15-27)39-35(45)40-16-20-49-21-17-40/h5,8-9,14-15,25-26,28-31,47-48H,4,6-7,10-13,16-24H2,1-3H3,(H,37,43)(H,38,42)(H,39,45)/t28-,29-,30-,31-/m0/s1. The van der Waals surface area contributed by atoms with Gasteiger partial charge in [-0.05, 0) is 50.8 Å². The van der Waals surface area contributed by atoms with Crippen molar-refractivity contribution in [2.75, 3.05) is 51.5 Å². The van der Waals surface area contributed by atoms with E-state index in [-0.39, 0.29) is 31.3 Å². The van der Waals surface area contributed by atoms with Crippen molar-refractivity contribution >= 4 is 41.7 Å². The van der Waals surface area contributed by atoms with E-state index in [2.05, 4.69) is 20.8 Å². The molecule has 2 fully saturated rings. The van der Waals surface area contributed by atoms with E-state index in [0.29, 0.717) is 45.6 Å². The van der Waals surface area contributed by atoms with Gasteiger partial charge in [0.1, 0.15) is 12.1 Å². The molecule has 0 spiro atoms. The van der Waals surface area contributed by atoms with Gasteiger partial charge in [0.05, 0.1) is 44.0 Å². The fraction of sp³-hybridized carbons (Fsp3) is 0.694. The number of hydrogen-bond acceptors (Lipinski definition) is 14. The molecule has 18 heteroatoms. The van der Waals surface area contributed by atoms with Gasteiger partial charge in [0, 0.05) is 25.3 Å². The summed E-state index contributed by atoms with van der Waals surface area (Å²) in [7, 11) is 0. The Morgan fingerprint density at radius 3 is 2.22 bits per heavy atom. The number of esters is 1. The summed E-state index contributed by atoms with van der Waals surface area (Å²) in [6, 6.07) is 5.69. The zero-order valence-electron chi connectivity index (χ0n) is 31.4. The first kappa shape index (κ1) is 44.7. The summed E-state index contributed by atoms with van der Waals surface area (Å²) in [5.41, 5.74) is 0.809. The van der Waals surface area contributed by atoms with Crippen molar-refractivity contribution in [3.63, 3.8) is 0 Å². The Morgan fingerprint density at radius 1 is 0.907 bits per heavy atom. The molecule has 1 saturated heterocycles. The van der Waals surface area contributed by atoms with Gasteiger partial charge in [-0.2, -0.15) is 11.8 Å². The third-order valence-electron chi connectivity index (χ3n) is 8.94. The van der Waals surface area contributed by atoms with Crippen molar-refractivity contribution in [1.82, 2.24) is 26.2 Å². The van der Waals surface area contributed by atoms with Crippen LogP contribution < -0.4 is 16.0 Å². The van der Waals surface area contributed by atoms with Gasteiger partial charge in [0.25, 0.3) is 0 Å². The van der Waals surface area contributed by atoms with Crippen molar-refractivity contribution in [3.8, 4) is 0 Å². The third-order valence-corrected chi connectivity index (χ3v) is 9.61. The van der Waals surface area contributed by atoms with Crippen molar-refractivity contribution < 1.29 is 58.2 Å². The number of nitrogens with one attached hydrogen (secondary N) is 3. The molecule has 0 radical (unpaired) electrons. The molecule has 1 saturated carbocycles. The lowest BCUT2D eigenvalue weighted by molar-refractivity contribution is -0.492. The second kappa shape index (κ2) is 24.7.